The van der Waals surface area contributed by atoms with Gasteiger partial charge in [-0.25, -0.2) is 0 Å². The topological polar surface area (TPSA) is 15.3 Å². The average molecular weight is 288 g/mol. The molecule has 2 aromatic rings. The van der Waals surface area contributed by atoms with Crippen molar-refractivity contribution in [1.29, 1.82) is 0 Å². The first-order valence-electron chi connectivity index (χ1n) is 7.16. The quantitative estimate of drug-likeness (QED) is 0.845. The van der Waals surface area contributed by atoms with Crippen LogP contribution in [0.4, 0.5) is 5.69 Å². The van der Waals surface area contributed by atoms with Crippen LogP contribution >= 0.6 is 11.3 Å². The largest absolute Gasteiger partial charge is 0.367 e. The Morgan fingerprint density at radius 3 is 2.35 bits per heavy atom. The second-order valence-corrected chi connectivity index (χ2v) is 6.48. The molecule has 1 aromatic heterocycles. The Kier molecular flexibility index (Phi) is 5.21. The number of nitrogens with one attached hydrogen (secondary N) is 1. The summed E-state index contributed by atoms with van der Waals surface area (Å²) in [5.41, 5.74) is 2.60. The summed E-state index contributed by atoms with van der Waals surface area (Å²) in [4.78, 5) is 3.73. The second-order valence-electron chi connectivity index (χ2n) is 5.50. The van der Waals surface area contributed by atoms with Crippen LogP contribution in [0.3, 0.4) is 0 Å². The van der Waals surface area contributed by atoms with E-state index in [1.54, 1.807) is 0 Å². The van der Waals surface area contributed by atoms with Crippen LogP contribution < -0.4 is 10.2 Å². The first-order valence-corrected chi connectivity index (χ1v) is 8.04. The molecule has 1 heterocycles. The second kappa shape index (κ2) is 6.91. The van der Waals surface area contributed by atoms with Crippen molar-refractivity contribution in [2.45, 2.75) is 39.4 Å². The predicted molar refractivity (Wildman–Crippen MR) is 89.6 cm³/mol. The minimum atomic E-state index is 0.412. The summed E-state index contributed by atoms with van der Waals surface area (Å²) in [5.74, 6) is 0. The molecule has 3 heteroatoms. The maximum absolute atomic E-state index is 3.44. The fourth-order valence-corrected chi connectivity index (χ4v) is 2.94. The lowest BCUT2D eigenvalue weighted by Gasteiger charge is -2.26. The van der Waals surface area contributed by atoms with Gasteiger partial charge >= 0.3 is 0 Å². The summed E-state index contributed by atoms with van der Waals surface area (Å²) in [6, 6.07) is 14.1. The molecule has 0 saturated heterocycles. The van der Waals surface area contributed by atoms with E-state index in [0.717, 1.165) is 6.54 Å². The number of nitrogens with zero attached hydrogens (tertiary/aromatic N) is 1. The van der Waals surface area contributed by atoms with E-state index in [2.05, 4.69) is 79.8 Å². The molecular formula is C17H24N2S. The standard InChI is InChI=1S/C17H24N2S/c1-13(2)18-12-15-7-9-16(10-8-15)19(4)14(3)17-6-5-11-20-17/h5-11,13-14,18H,12H2,1-4H3. The number of benzene rings is 1. The van der Waals surface area contributed by atoms with Crippen LogP contribution in [0.2, 0.25) is 0 Å². The first kappa shape index (κ1) is 15.1. The molecule has 1 atom stereocenters. The van der Waals surface area contributed by atoms with Gasteiger partial charge in [0.25, 0.3) is 0 Å². The Morgan fingerprint density at radius 1 is 1.10 bits per heavy atom. The molecule has 1 N–H and O–H groups in total. The summed E-state index contributed by atoms with van der Waals surface area (Å²) in [5, 5.41) is 5.58. The molecule has 0 aliphatic heterocycles. The minimum Gasteiger partial charge on any atom is -0.367 e. The fourth-order valence-electron chi connectivity index (χ4n) is 2.11. The molecule has 20 heavy (non-hydrogen) atoms. The van der Waals surface area contributed by atoms with Crippen LogP contribution in [0.25, 0.3) is 0 Å². The summed E-state index contributed by atoms with van der Waals surface area (Å²) in [7, 11) is 2.16. The van der Waals surface area contributed by atoms with Gasteiger partial charge in [-0.2, -0.15) is 0 Å². The van der Waals surface area contributed by atoms with Crippen molar-refractivity contribution in [3.63, 3.8) is 0 Å². The van der Waals surface area contributed by atoms with Crippen LogP contribution in [0.15, 0.2) is 41.8 Å². The van der Waals surface area contributed by atoms with Crippen LogP contribution in [0.1, 0.15) is 37.3 Å². The molecule has 0 fully saturated rings. The van der Waals surface area contributed by atoms with E-state index in [9.17, 15) is 0 Å². The molecule has 2 nitrogen and oxygen atoms in total. The highest BCUT2D eigenvalue weighted by molar-refractivity contribution is 7.10. The average Bonchev–Trinajstić information content (AvgIpc) is 2.98. The number of rotatable bonds is 6. The molecule has 0 amide bonds. The Labute approximate surface area is 126 Å². The highest BCUT2D eigenvalue weighted by Crippen LogP contribution is 2.28. The van der Waals surface area contributed by atoms with Crippen molar-refractivity contribution in [1.82, 2.24) is 5.32 Å². The molecule has 0 aliphatic rings. The van der Waals surface area contributed by atoms with E-state index in [1.807, 2.05) is 11.3 Å². The highest BCUT2D eigenvalue weighted by atomic mass is 32.1. The molecule has 108 valence electrons. The van der Waals surface area contributed by atoms with Crippen molar-refractivity contribution in [2.75, 3.05) is 11.9 Å². The van der Waals surface area contributed by atoms with E-state index in [-0.39, 0.29) is 0 Å². The molecule has 1 aromatic carbocycles. The van der Waals surface area contributed by atoms with Gasteiger partial charge in [0, 0.05) is 30.2 Å². The van der Waals surface area contributed by atoms with Crippen LogP contribution in [-0.2, 0) is 6.54 Å². The van der Waals surface area contributed by atoms with E-state index < -0.39 is 0 Å². The lowest BCUT2D eigenvalue weighted by Crippen LogP contribution is -2.22. The van der Waals surface area contributed by atoms with Crippen LogP contribution in [0, 0.1) is 0 Å². The van der Waals surface area contributed by atoms with E-state index >= 15 is 0 Å². The zero-order valence-corrected chi connectivity index (χ0v) is 13.6. The molecule has 1 unspecified atom stereocenters. The molecule has 0 saturated carbocycles. The first-order chi connectivity index (χ1) is 9.58. The number of anilines is 1. The maximum atomic E-state index is 3.44. The molecule has 0 radical (unpaired) electrons. The molecule has 0 aliphatic carbocycles. The predicted octanol–water partition coefficient (Wildman–Crippen LogP) is 4.44. The highest BCUT2D eigenvalue weighted by Gasteiger charge is 2.12. The fraction of sp³-hybridized carbons (Fsp3) is 0.412. The third-order valence-corrected chi connectivity index (χ3v) is 4.64. The van der Waals surface area contributed by atoms with Crippen molar-refractivity contribution in [3.8, 4) is 0 Å². The van der Waals surface area contributed by atoms with Gasteiger partial charge in [-0.1, -0.05) is 32.0 Å². The minimum absolute atomic E-state index is 0.412. The van der Waals surface area contributed by atoms with Gasteiger partial charge in [0.2, 0.25) is 0 Å². The number of thiophene rings is 1. The lowest BCUT2D eigenvalue weighted by atomic mass is 10.1. The molecular weight excluding hydrogens is 264 g/mol. The van der Waals surface area contributed by atoms with Gasteiger partial charge in [-0.05, 0) is 36.1 Å². The van der Waals surface area contributed by atoms with E-state index in [4.69, 9.17) is 0 Å². The van der Waals surface area contributed by atoms with Crippen molar-refractivity contribution >= 4 is 17.0 Å². The van der Waals surface area contributed by atoms with Crippen molar-refractivity contribution in [3.05, 3.63) is 52.2 Å². The summed E-state index contributed by atoms with van der Waals surface area (Å²) >= 11 is 1.82. The van der Waals surface area contributed by atoms with Gasteiger partial charge in [0.15, 0.2) is 0 Å². The third kappa shape index (κ3) is 3.84. The summed E-state index contributed by atoms with van der Waals surface area (Å²) < 4.78 is 0. The molecule has 2 rings (SSSR count). The van der Waals surface area contributed by atoms with Crippen molar-refractivity contribution < 1.29 is 0 Å². The smallest absolute Gasteiger partial charge is 0.0603 e. The Morgan fingerprint density at radius 2 is 1.80 bits per heavy atom. The Balaban J connectivity index is 2.02. The molecule has 0 spiro atoms. The van der Waals surface area contributed by atoms with Gasteiger partial charge in [-0.3, -0.25) is 0 Å². The molecule has 0 bridgehead atoms. The summed E-state index contributed by atoms with van der Waals surface area (Å²) in [6.45, 7) is 7.53. The Hall–Kier alpha value is -1.32. The Bertz CT molecular complexity index is 502. The lowest BCUT2D eigenvalue weighted by molar-refractivity contribution is 0.589. The normalized spacial score (nSPS) is 12.7. The monoisotopic (exact) mass is 288 g/mol. The van der Waals surface area contributed by atoms with Gasteiger partial charge < -0.3 is 10.2 Å². The van der Waals surface area contributed by atoms with E-state index in [0.29, 0.717) is 12.1 Å². The van der Waals surface area contributed by atoms with Crippen LogP contribution in [-0.4, -0.2) is 13.1 Å². The number of hydrogen-bond acceptors (Lipinski definition) is 3. The van der Waals surface area contributed by atoms with E-state index in [1.165, 1.54) is 16.1 Å². The zero-order valence-electron chi connectivity index (χ0n) is 12.8. The zero-order chi connectivity index (χ0) is 14.5. The van der Waals surface area contributed by atoms with Crippen LogP contribution in [0.5, 0.6) is 0 Å². The number of hydrogen-bond donors (Lipinski definition) is 1. The van der Waals surface area contributed by atoms with Gasteiger partial charge in [0.1, 0.15) is 0 Å². The SMILES string of the molecule is CC(C)NCc1ccc(N(C)C(C)c2cccs2)cc1. The third-order valence-electron chi connectivity index (χ3n) is 3.59. The van der Waals surface area contributed by atoms with Crippen molar-refractivity contribution in [2.24, 2.45) is 0 Å². The van der Waals surface area contributed by atoms with Gasteiger partial charge in [-0.15, -0.1) is 11.3 Å². The van der Waals surface area contributed by atoms with Gasteiger partial charge in [0.05, 0.1) is 6.04 Å². The maximum Gasteiger partial charge on any atom is 0.0603 e. The summed E-state index contributed by atoms with van der Waals surface area (Å²) in [6.07, 6.45) is 0.